The summed E-state index contributed by atoms with van der Waals surface area (Å²) in [6, 6.07) is 4.77. The Morgan fingerprint density at radius 3 is 2.64 bits per heavy atom. The number of carboxylic acids is 1. The van der Waals surface area contributed by atoms with E-state index in [0.29, 0.717) is 11.3 Å². The van der Waals surface area contributed by atoms with Crippen molar-refractivity contribution in [1.82, 2.24) is 5.32 Å². The molecule has 1 saturated heterocycles. The van der Waals surface area contributed by atoms with Crippen LogP contribution in [0.3, 0.4) is 0 Å². The molecule has 0 bridgehead atoms. The summed E-state index contributed by atoms with van der Waals surface area (Å²) in [5, 5.41) is 10.6. The summed E-state index contributed by atoms with van der Waals surface area (Å²) in [6.45, 7) is 1.41. The number of amides is 2. The number of aliphatic carboxylic acids is 1. The van der Waals surface area contributed by atoms with E-state index < -0.39 is 23.2 Å². The maximum absolute atomic E-state index is 11.5. The largest absolute Gasteiger partial charge is 0.493 e. The number of carboxylic acid groups (broad SMARTS) is 1. The van der Waals surface area contributed by atoms with Gasteiger partial charge in [-0.1, -0.05) is 6.07 Å². The first-order valence-electron chi connectivity index (χ1n) is 6.23. The summed E-state index contributed by atoms with van der Waals surface area (Å²) in [4.78, 5) is 33.7. The molecular formula is C14H13NO6S. The molecule has 1 atom stereocenters. The predicted molar refractivity (Wildman–Crippen MR) is 79.8 cm³/mol. The lowest BCUT2D eigenvalue weighted by atomic mass is 10.2. The molecule has 0 aliphatic carbocycles. The van der Waals surface area contributed by atoms with Crippen LogP contribution in [0.5, 0.6) is 11.5 Å². The van der Waals surface area contributed by atoms with Crippen LogP contribution in [0.4, 0.5) is 4.79 Å². The average molecular weight is 323 g/mol. The molecule has 1 fully saturated rings. The molecule has 22 heavy (non-hydrogen) atoms. The molecule has 116 valence electrons. The molecule has 8 heteroatoms. The molecule has 1 heterocycles. The highest BCUT2D eigenvalue weighted by Gasteiger charge is 2.25. The van der Waals surface area contributed by atoms with E-state index in [1.165, 1.54) is 20.1 Å². The topological polar surface area (TPSA) is 102 Å². The summed E-state index contributed by atoms with van der Waals surface area (Å²) < 4.78 is 10.4. The van der Waals surface area contributed by atoms with Crippen molar-refractivity contribution in [2.75, 3.05) is 7.11 Å². The Balaban J connectivity index is 2.26. The summed E-state index contributed by atoms with van der Waals surface area (Å²) >= 11 is 0.812. The zero-order valence-electron chi connectivity index (χ0n) is 11.8. The number of hydrogen-bond donors (Lipinski definition) is 2. The molecule has 2 amide bonds. The lowest BCUT2D eigenvalue weighted by Gasteiger charge is -2.14. The second kappa shape index (κ2) is 6.52. The molecule has 2 rings (SSSR count). The summed E-state index contributed by atoms with van der Waals surface area (Å²) in [7, 11) is 1.42. The molecule has 1 aromatic rings. The van der Waals surface area contributed by atoms with E-state index in [2.05, 4.69) is 5.32 Å². The van der Waals surface area contributed by atoms with Gasteiger partial charge in [0.15, 0.2) is 17.6 Å². The van der Waals surface area contributed by atoms with Gasteiger partial charge in [-0.3, -0.25) is 14.9 Å². The van der Waals surface area contributed by atoms with Gasteiger partial charge in [-0.15, -0.1) is 0 Å². The lowest BCUT2D eigenvalue weighted by molar-refractivity contribution is -0.144. The second-order valence-electron chi connectivity index (χ2n) is 4.36. The number of hydrogen-bond acceptors (Lipinski definition) is 6. The standard InChI is InChI=1S/C14H13NO6S/c1-7(13(17)18)21-9-4-3-8(5-10(9)20-2)6-11-12(16)15-14(19)22-11/h3-7H,1-2H3,(H,17,18)(H,15,16,19)/b11-6+/t7-/m0/s1. The van der Waals surface area contributed by atoms with E-state index in [1.54, 1.807) is 18.2 Å². The van der Waals surface area contributed by atoms with Gasteiger partial charge in [0.25, 0.3) is 11.1 Å². The minimum atomic E-state index is -1.09. The first-order valence-corrected chi connectivity index (χ1v) is 7.04. The summed E-state index contributed by atoms with van der Waals surface area (Å²) in [5.74, 6) is -0.934. The summed E-state index contributed by atoms with van der Waals surface area (Å²) in [5.41, 5.74) is 0.625. The molecule has 0 aromatic heterocycles. The highest BCUT2D eigenvalue weighted by molar-refractivity contribution is 8.18. The van der Waals surface area contributed by atoms with Gasteiger partial charge in [0.1, 0.15) is 0 Å². The Kier molecular flexibility index (Phi) is 4.71. The monoisotopic (exact) mass is 323 g/mol. The van der Waals surface area contributed by atoms with Gasteiger partial charge in [-0.25, -0.2) is 4.79 Å². The van der Waals surface area contributed by atoms with E-state index in [0.717, 1.165) is 11.8 Å². The van der Waals surface area contributed by atoms with E-state index >= 15 is 0 Å². The van der Waals surface area contributed by atoms with Crippen LogP contribution in [0, 0.1) is 0 Å². The fourth-order valence-electron chi connectivity index (χ4n) is 1.68. The minimum absolute atomic E-state index is 0.277. The van der Waals surface area contributed by atoms with Crippen molar-refractivity contribution in [2.24, 2.45) is 0 Å². The van der Waals surface area contributed by atoms with Crippen molar-refractivity contribution >= 4 is 35.0 Å². The smallest absolute Gasteiger partial charge is 0.344 e. The predicted octanol–water partition coefficient (Wildman–Crippen LogP) is 1.87. The fraction of sp³-hybridized carbons (Fsp3) is 0.214. The van der Waals surface area contributed by atoms with Crippen molar-refractivity contribution < 1.29 is 29.0 Å². The summed E-state index contributed by atoms with van der Waals surface area (Å²) in [6.07, 6.45) is 0.518. The van der Waals surface area contributed by atoms with Gasteiger partial charge in [-0.2, -0.15) is 0 Å². The number of imide groups is 1. The average Bonchev–Trinajstić information content (AvgIpc) is 2.78. The van der Waals surface area contributed by atoms with Crippen LogP contribution < -0.4 is 14.8 Å². The molecular weight excluding hydrogens is 310 g/mol. The number of rotatable bonds is 5. The Morgan fingerprint density at radius 2 is 2.09 bits per heavy atom. The van der Waals surface area contributed by atoms with Crippen molar-refractivity contribution in [3.8, 4) is 11.5 Å². The van der Waals surface area contributed by atoms with Gasteiger partial charge < -0.3 is 14.6 Å². The third-order valence-corrected chi connectivity index (χ3v) is 3.59. The van der Waals surface area contributed by atoms with Crippen molar-refractivity contribution in [3.05, 3.63) is 28.7 Å². The van der Waals surface area contributed by atoms with E-state index in [-0.39, 0.29) is 10.7 Å². The number of ether oxygens (including phenoxy) is 2. The lowest BCUT2D eigenvalue weighted by Crippen LogP contribution is -2.23. The number of carbonyl (C=O) groups is 3. The molecule has 1 aliphatic heterocycles. The SMILES string of the molecule is COc1cc(/C=C2/SC(=O)NC2=O)ccc1O[C@@H](C)C(=O)O. The zero-order valence-corrected chi connectivity index (χ0v) is 12.6. The molecule has 0 spiro atoms. The molecule has 1 aromatic carbocycles. The van der Waals surface area contributed by atoms with Gasteiger partial charge in [0.2, 0.25) is 0 Å². The van der Waals surface area contributed by atoms with Crippen LogP contribution in [0.1, 0.15) is 12.5 Å². The number of thioether (sulfide) groups is 1. The molecule has 1 aliphatic rings. The van der Waals surface area contributed by atoms with Crippen LogP contribution in [0.15, 0.2) is 23.1 Å². The first-order chi connectivity index (χ1) is 10.4. The maximum Gasteiger partial charge on any atom is 0.344 e. The van der Waals surface area contributed by atoms with Crippen molar-refractivity contribution in [2.45, 2.75) is 13.0 Å². The van der Waals surface area contributed by atoms with Crippen LogP contribution in [0.25, 0.3) is 6.08 Å². The Bertz CT molecular complexity index is 669. The third kappa shape index (κ3) is 3.59. The van der Waals surface area contributed by atoms with Gasteiger partial charge in [-0.05, 0) is 42.5 Å². The van der Waals surface area contributed by atoms with E-state index in [9.17, 15) is 14.4 Å². The normalized spacial score (nSPS) is 17.3. The number of methoxy groups -OCH3 is 1. The first kappa shape index (κ1) is 15.9. The Labute approximate surface area is 130 Å². The van der Waals surface area contributed by atoms with Crippen LogP contribution >= 0.6 is 11.8 Å². The Morgan fingerprint density at radius 1 is 1.36 bits per heavy atom. The third-order valence-electron chi connectivity index (χ3n) is 2.78. The minimum Gasteiger partial charge on any atom is -0.493 e. The molecule has 0 unspecified atom stereocenters. The molecule has 0 saturated carbocycles. The maximum atomic E-state index is 11.5. The highest BCUT2D eigenvalue weighted by atomic mass is 32.2. The van der Waals surface area contributed by atoms with Crippen LogP contribution in [-0.4, -0.2) is 35.4 Å². The van der Waals surface area contributed by atoms with Crippen LogP contribution in [0.2, 0.25) is 0 Å². The van der Waals surface area contributed by atoms with Crippen molar-refractivity contribution in [3.63, 3.8) is 0 Å². The number of nitrogens with one attached hydrogen (secondary N) is 1. The van der Waals surface area contributed by atoms with Gasteiger partial charge >= 0.3 is 5.97 Å². The van der Waals surface area contributed by atoms with Crippen LogP contribution in [-0.2, 0) is 9.59 Å². The van der Waals surface area contributed by atoms with Crippen molar-refractivity contribution in [1.29, 1.82) is 0 Å². The number of carbonyl (C=O) groups excluding carboxylic acids is 2. The Hall–Kier alpha value is -2.48. The highest BCUT2D eigenvalue weighted by Crippen LogP contribution is 2.32. The van der Waals surface area contributed by atoms with Gasteiger partial charge in [0.05, 0.1) is 12.0 Å². The van der Waals surface area contributed by atoms with E-state index in [1.807, 2.05) is 0 Å². The number of benzene rings is 1. The van der Waals surface area contributed by atoms with E-state index in [4.69, 9.17) is 14.6 Å². The second-order valence-corrected chi connectivity index (χ2v) is 5.38. The fourth-order valence-corrected chi connectivity index (χ4v) is 2.37. The molecule has 2 N–H and O–H groups in total. The quantitative estimate of drug-likeness (QED) is 0.797. The van der Waals surface area contributed by atoms with Gasteiger partial charge in [0, 0.05) is 0 Å². The molecule has 7 nitrogen and oxygen atoms in total. The molecule has 0 radical (unpaired) electrons. The zero-order chi connectivity index (χ0) is 16.3.